The number of nitrogens with zero attached hydrogens (tertiary/aromatic N) is 2. The van der Waals surface area contributed by atoms with E-state index in [1.165, 1.54) is 5.56 Å². The van der Waals surface area contributed by atoms with E-state index in [9.17, 15) is 9.90 Å². The highest BCUT2D eigenvalue weighted by molar-refractivity contribution is 9.10. The number of benzene rings is 2. The number of β-amino-alcohol motifs (C(OH)–C–C–N with tert-alkyl or cyclic N) is 1. The van der Waals surface area contributed by atoms with Crippen molar-refractivity contribution in [3.8, 4) is 0 Å². The van der Waals surface area contributed by atoms with Crippen molar-refractivity contribution in [2.45, 2.75) is 44.5 Å². The van der Waals surface area contributed by atoms with Crippen LogP contribution in [0.1, 0.15) is 36.9 Å². The minimum Gasteiger partial charge on any atom is -0.390 e. The van der Waals surface area contributed by atoms with Crippen molar-refractivity contribution in [1.29, 1.82) is 0 Å². The molecule has 2 aromatic carbocycles. The number of piperidine rings is 1. The summed E-state index contributed by atoms with van der Waals surface area (Å²) in [5.41, 5.74) is 2.23. The zero-order chi connectivity index (χ0) is 20.5. The molecule has 0 aliphatic carbocycles. The normalized spacial score (nSPS) is 28.1. The number of amides is 1. The molecule has 2 aromatic rings. The second-order valence-corrected chi connectivity index (χ2v) is 9.61. The average Bonchev–Trinajstić information content (AvgIpc) is 2.81. The summed E-state index contributed by atoms with van der Waals surface area (Å²) in [7, 11) is 0. The molecule has 154 valence electrons. The fourth-order valence-corrected chi connectivity index (χ4v) is 5.15. The summed E-state index contributed by atoms with van der Waals surface area (Å²) >= 11 is 9.50. The standard InChI is InChI=1S/C23H26BrClN2O2/c1-15-2-11-21-23(29)26(12-16-3-9-19(25)10-4-16)13-20(28)14-27(21)22(15)17-5-7-18(24)8-6-17/h3-10,15,20-22,28H,2,11-14H2,1H3/t15-,20-,21-,22+/m0/s1. The molecule has 0 aromatic heterocycles. The van der Waals surface area contributed by atoms with E-state index in [0.717, 1.165) is 22.9 Å². The van der Waals surface area contributed by atoms with Crippen molar-refractivity contribution in [3.05, 3.63) is 69.2 Å². The molecule has 0 bridgehead atoms. The van der Waals surface area contributed by atoms with Crippen molar-refractivity contribution in [1.82, 2.24) is 9.80 Å². The molecule has 4 rings (SSSR count). The summed E-state index contributed by atoms with van der Waals surface area (Å²) in [6, 6.07) is 15.9. The highest BCUT2D eigenvalue weighted by Gasteiger charge is 2.44. The Morgan fingerprint density at radius 3 is 2.45 bits per heavy atom. The van der Waals surface area contributed by atoms with Gasteiger partial charge in [-0.2, -0.15) is 0 Å². The van der Waals surface area contributed by atoms with Crippen LogP contribution in [-0.2, 0) is 11.3 Å². The number of hydrogen-bond donors (Lipinski definition) is 1. The lowest BCUT2D eigenvalue weighted by molar-refractivity contribution is -0.139. The maximum absolute atomic E-state index is 13.5. The number of carbonyl (C=O) groups is 1. The predicted molar refractivity (Wildman–Crippen MR) is 119 cm³/mol. The number of carbonyl (C=O) groups excluding carboxylic acids is 1. The van der Waals surface area contributed by atoms with Gasteiger partial charge in [-0.25, -0.2) is 0 Å². The molecule has 0 unspecified atom stereocenters. The molecule has 4 atom stereocenters. The molecule has 2 heterocycles. The van der Waals surface area contributed by atoms with Gasteiger partial charge < -0.3 is 10.0 Å². The van der Waals surface area contributed by atoms with Crippen molar-refractivity contribution >= 4 is 33.4 Å². The Hall–Kier alpha value is -1.40. The molecule has 2 aliphatic heterocycles. The monoisotopic (exact) mass is 476 g/mol. The quantitative estimate of drug-likeness (QED) is 0.700. The van der Waals surface area contributed by atoms with Crippen LogP contribution in [0.4, 0.5) is 0 Å². The Bertz CT molecular complexity index is 858. The number of rotatable bonds is 3. The Kier molecular flexibility index (Phi) is 6.30. The molecule has 29 heavy (non-hydrogen) atoms. The Balaban J connectivity index is 1.60. The van der Waals surface area contributed by atoms with Crippen LogP contribution in [-0.4, -0.2) is 46.0 Å². The van der Waals surface area contributed by atoms with Gasteiger partial charge in [-0.3, -0.25) is 9.69 Å². The van der Waals surface area contributed by atoms with Crippen LogP contribution in [0.15, 0.2) is 53.0 Å². The summed E-state index contributed by atoms with van der Waals surface area (Å²) in [6.45, 7) is 3.61. The summed E-state index contributed by atoms with van der Waals surface area (Å²) in [5, 5.41) is 11.5. The lowest BCUT2D eigenvalue weighted by Crippen LogP contribution is -2.51. The molecule has 2 aliphatic rings. The maximum Gasteiger partial charge on any atom is 0.240 e. The lowest BCUT2D eigenvalue weighted by atomic mass is 9.82. The summed E-state index contributed by atoms with van der Waals surface area (Å²) < 4.78 is 1.04. The Labute approximate surface area is 185 Å². The number of halogens is 2. The van der Waals surface area contributed by atoms with Crippen LogP contribution in [0.3, 0.4) is 0 Å². The molecule has 0 radical (unpaired) electrons. The van der Waals surface area contributed by atoms with Crippen LogP contribution >= 0.6 is 27.5 Å². The predicted octanol–water partition coefficient (Wildman–Crippen LogP) is 4.65. The first-order chi connectivity index (χ1) is 13.9. The molecule has 1 N–H and O–H groups in total. The van der Waals surface area contributed by atoms with E-state index in [-0.39, 0.29) is 18.0 Å². The molecule has 4 nitrogen and oxygen atoms in total. The number of aliphatic hydroxyl groups is 1. The van der Waals surface area contributed by atoms with Crippen LogP contribution in [0, 0.1) is 5.92 Å². The van der Waals surface area contributed by atoms with Gasteiger partial charge in [-0.05, 0) is 54.2 Å². The minimum absolute atomic E-state index is 0.116. The average molecular weight is 478 g/mol. The van der Waals surface area contributed by atoms with Gasteiger partial charge in [-0.15, -0.1) is 0 Å². The number of aliphatic hydroxyl groups excluding tert-OH is 1. The fraction of sp³-hybridized carbons (Fsp3) is 0.435. The van der Waals surface area contributed by atoms with Gasteiger partial charge in [-0.1, -0.05) is 58.7 Å². The first kappa shape index (κ1) is 20.9. The first-order valence-electron chi connectivity index (χ1n) is 10.1. The topological polar surface area (TPSA) is 43.8 Å². The summed E-state index contributed by atoms with van der Waals surface area (Å²) in [4.78, 5) is 17.5. The van der Waals surface area contributed by atoms with Crippen molar-refractivity contribution in [3.63, 3.8) is 0 Å². The van der Waals surface area contributed by atoms with Gasteiger partial charge in [0.25, 0.3) is 0 Å². The fourth-order valence-electron chi connectivity index (χ4n) is 4.76. The number of hydrogen-bond acceptors (Lipinski definition) is 3. The minimum atomic E-state index is -0.570. The van der Waals surface area contributed by atoms with Crippen molar-refractivity contribution in [2.24, 2.45) is 5.92 Å². The smallest absolute Gasteiger partial charge is 0.240 e. The molecular weight excluding hydrogens is 452 g/mol. The molecule has 1 amide bonds. The van der Waals surface area contributed by atoms with Gasteiger partial charge in [0, 0.05) is 35.2 Å². The van der Waals surface area contributed by atoms with Crippen LogP contribution in [0.2, 0.25) is 5.02 Å². The summed E-state index contributed by atoms with van der Waals surface area (Å²) in [6.07, 6.45) is 1.26. The van der Waals surface area contributed by atoms with Crippen molar-refractivity contribution < 1.29 is 9.90 Å². The van der Waals surface area contributed by atoms with E-state index < -0.39 is 6.10 Å². The van der Waals surface area contributed by atoms with E-state index >= 15 is 0 Å². The molecule has 2 saturated heterocycles. The largest absolute Gasteiger partial charge is 0.390 e. The van der Waals surface area contributed by atoms with Gasteiger partial charge in [0.05, 0.1) is 12.1 Å². The van der Waals surface area contributed by atoms with E-state index in [4.69, 9.17) is 11.6 Å². The third-order valence-electron chi connectivity index (χ3n) is 6.14. The van der Waals surface area contributed by atoms with E-state index in [1.54, 1.807) is 0 Å². The molecular formula is C23H26BrClN2O2. The van der Waals surface area contributed by atoms with E-state index in [2.05, 4.69) is 52.0 Å². The highest BCUT2D eigenvalue weighted by Crippen LogP contribution is 2.40. The molecule has 6 heteroatoms. The maximum atomic E-state index is 13.5. The lowest BCUT2D eigenvalue weighted by Gasteiger charge is -2.44. The number of fused-ring (bicyclic) bond motifs is 1. The zero-order valence-corrected chi connectivity index (χ0v) is 18.8. The van der Waals surface area contributed by atoms with Crippen LogP contribution in [0.25, 0.3) is 0 Å². The Morgan fingerprint density at radius 2 is 1.76 bits per heavy atom. The third kappa shape index (κ3) is 4.53. The van der Waals surface area contributed by atoms with Gasteiger partial charge in [0.1, 0.15) is 0 Å². The SMILES string of the molecule is C[C@H]1CC[C@H]2C(=O)N(Cc3ccc(Cl)cc3)C[C@H](O)CN2[C@H]1c1ccc(Br)cc1. The highest BCUT2D eigenvalue weighted by atomic mass is 79.9. The van der Waals surface area contributed by atoms with Crippen LogP contribution < -0.4 is 0 Å². The first-order valence-corrected chi connectivity index (χ1v) is 11.3. The second kappa shape index (κ2) is 8.76. The molecule has 2 fully saturated rings. The molecule has 0 spiro atoms. The van der Waals surface area contributed by atoms with E-state index in [0.29, 0.717) is 30.6 Å². The van der Waals surface area contributed by atoms with Gasteiger partial charge in [0.2, 0.25) is 5.91 Å². The summed E-state index contributed by atoms with van der Waals surface area (Å²) in [5.74, 6) is 0.542. The van der Waals surface area contributed by atoms with Crippen molar-refractivity contribution in [2.75, 3.05) is 13.1 Å². The van der Waals surface area contributed by atoms with Gasteiger partial charge in [0.15, 0.2) is 0 Å². The Morgan fingerprint density at radius 1 is 1.07 bits per heavy atom. The van der Waals surface area contributed by atoms with Crippen LogP contribution in [0.5, 0.6) is 0 Å². The molecule has 0 saturated carbocycles. The van der Waals surface area contributed by atoms with Gasteiger partial charge >= 0.3 is 0 Å². The van der Waals surface area contributed by atoms with E-state index in [1.807, 2.05) is 29.2 Å². The third-order valence-corrected chi connectivity index (χ3v) is 6.92. The second-order valence-electron chi connectivity index (χ2n) is 8.26. The zero-order valence-electron chi connectivity index (χ0n) is 16.5.